The van der Waals surface area contributed by atoms with Crippen LogP contribution < -0.4 is 10.1 Å². The predicted molar refractivity (Wildman–Crippen MR) is 94.8 cm³/mol. The maximum Gasteiger partial charge on any atom is 0.387 e. The van der Waals surface area contributed by atoms with Gasteiger partial charge in [-0.05, 0) is 53.2 Å². The van der Waals surface area contributed by atoms with Gasteiger partial charge in [0.25, 0.3) is 0 Å². The first-order valence-corrected chi connectivity index (χ1v) is 8.21. The highest BCUT2D eigenvalue weighted by molar-refractivity contribution is 6.32. The van der Waals surface area contributed by atoms with E-state index in [0.29, 0.717) is 28.7 Å². The SMILES string of the molecule is FC(F)Oc1ccc(NCc2cc3oc(-c4nn[nH]n4)cc3cc2Cl)cc1. The van der Waals surface area contributed by atoms with E-state index < -0.39 is 6.61 Å². The molecule has 2 N–H and O–H groups in total. The van der Waals surface area contributed by atoms with E-state index in [-0.39, 0.29) is 5.75 Å². The number of ether oxygens (including phenoxy) is 1. The summed E-state index contributed by atoms with van der Waals surface area (Å²) in [4.78, 5) is 0. The Kier molecular flexibility index (Phi) is 4.59. The number of halogens is 3. The molecule has 0 atom stereocenters. The molecule has 4 rings (SSSR count). The number of benzene rings is 2. The van der Waals surface area contributed by atoms with E-state index in [4.69, 9.17) is 16.0 Å². The Hall–Kier alpha value is -3.20. The number of aromatic amines is 1. The van der Waals surface area contributed by atoms with Crippen LogP contribution >= 0.6 is 11.6 Å². The molecule has 7 nitrogen and oxygen atoms in total. The van der Waals surface area contributed by atoms with Gasteiger partial charge in [0, 0.05) is 22.6 Å². The Bertz CT molecular complexity index is 1050. The Labute approximate surface area is 156 Å². The van der Waals surface area contributed by atoms with Gasteiger partial charge in [-0.25, -0.2) is 0 Å². The molecular formula is C17H12ClF2N5O2. The van der Waals surface area contributed by atoms with Crippen molar-refractivity contribution in [1.82, 2.24) is 20.6 Å². The smallest absolute Gasteiger partial charge is 0.387 e. The topological polar surface area (TPSA) is 88.9 Å². The molecule has 0 amide bonds. The van der Waals surface area contributed by atoms with Gasteiger partial charge >= 0.3 is 6.61 Å². The van der Waals surface area contributed by atoms with Crippen LogP contribution in [-0.4, -0.2) is 27.2 Å². The van der Waals surface area contributed by atoms with Crippen LogP contribution in [0.2, 0.25) is 5.02 Å². The van der Waals surface area contributed by atoms with E-state index >= 15 is 0 Å². The highest BCUT2D eigenvalue weighted by Gasteiger charge is 2.13. The van der Waals surface area contributed by atoms with Crippen molar-refractivity contribution in [2.75, 3.05) is 5.32 Å². The van der Waals surface area contributed by atoms with Gasteiger partial charge in [-0.1, -0.05) is 11.6 Å². The van der Waals surface area contributed by atoms with Crippen LogP contribution in [0.3, 0.4) is 0 Å². The lowest BCUT2D eigenvalue weighted by atomic mass is 10.1. The summed E-state index contributed by atoms with van der Waals surface area (Å²) in [5.41, 5.74) is 2.18. The summed E-state index contributed by atoms with van der Waals surface area (Å²) in [6.45, 7) is -2.43. The van der Waals surface area contributed by atoms with E-state index in [1.807, 2.05) is 6.07 Å². The molecule has 2 aromatic carbocycles. The van der Waals surface area contributed by atoms with Crippen LogP contribution in [0.15, 0.2) is 46.9 Å². The fraction of sp³-hybridized carbons (Fsp3) is 0.118. The summed E-state index contributed by atoms with van der Waals surface area (Å²) in [7, 11) is 0. The van der Waals surface area contributed by atoms with Crippen LogP contribution in [0.25, 0.3) is 22.6 Å². The summed E-state index contributed by atoms with van der Waals surface area (Å²) in [5.74, 6) is 0.933. The molecule has 0 aliphatic carbocycles. The molecule has 0 aliphatic rings. The van der Waals surface area contributed by atoms with Crippen LogP contribution in [0.4, 0.5) is 14.5 Å². The quantitative estimate of drug-likeness (QED) is 0.503. The number of rotatable bonds is 6. The number of alkyl halides is 2. The fourth-order valence-corrected chi connectivity index (χ4v) is 2.80. The average Bonchev–Trinajstić information content (AvgIpc) is 3.29. The van der Waals surface area contributed by atoms with E-state index in [1.165, 1.54) is 12.1 Å². The molecular weight excluding hydrogens is 380 g/mol. The van der Waals surface area contributed by atoms with Gasteiger partial charge in [0.2, 0.25) is 5.82 Å². The first-order valence-electron chi connectivity index (χ1n) is 7.83. The van der Waals surface area contributed by atoms with E-state index in [9.17, 15) is 8.78 Å². The minimum Gasteiger partial charge on any atom is -0.453 e. The van der Waals surface area contributed by atoms with Gasteiger partial charge in [-0.15, -0.1) is 10.2 Å². The molecule has 2 aromatic heterocycles. The predicted octanol–water partition coefficient (Wildman–Crippen LogP) is 4.48. The fourth-order valence-electron chi connectivity index (χ4n) is 2.56. The Morgan fingerprint density at radius 3 is 2.70 bits per heavy atom. The van der Waals surface area contributed by atoms with Crippen molar-refractivity contribution < 1.29 is 17.9 Å². The molecule has 0 saturated carbocycles. The Morgan fingerprint density at radius 2 is 2.00 bits per heavy atom. The molecule has 0 radical (unpaired) electrons. The highest BCUT2D eigenvalue weighted by Crippen LogP contribution is 2.30. The summed E-state index contributed by atoms with van der Waals surface area (Å²) in [5, 5.41) is 18.2. The lowest BCUT2D eigenvalue weighted by molar-refractivity contribution is -0.0498. The summed E-state index contributed by atoms with van der Waals surface area (Å²) in [6, 6.07) is 11.6. The highest BCUT2D eigenvalue weighted by atomic mass is 35.5. The van der Waals surface area contributed by atoms with E-state index in [2.05, 4.69) is 30.7 Å². The molecule has 0 saturated heterocycles. The average molecular weight is 392 g/mol. The minimum atomic E-state index is -2.85. The number of aromatic nitrogens is 4. The summed E-state index contributed by atoms with van der Waals surface area (Å²) in [6.07, 6.45) is 0. The number of H-pyrrole nitrogens is 1. The third-order valence-corrected chi connectivity index (χ3v) is 4.17. The van der Waals surface area contributed by atoms with Gasteiger partial charge in [0.15, 0.2) is 5.76 Å². The Balaban J connectivity index is 1.50. The molecule has 4 aromatic rings. The van der Waals surface area contributed by atoms with Crippen molar-refractivity contribution in [1.29, 1.82) is 0 Å². The first-order chi connectivity index (χ1) is 13.1. The zero-order valence-electron chi connectivity index (χ0n) is 13.6. The monoisotopic (exact) mass is 391 g/mol. The standard InChI is InChI=1S/C17H12ClF2N5O2/c18-13-5-9-6-15(16-22-24-25-23-16)27-14(9)7-10(13)8-21-11-1-3-12(4-2-11)26-17(19)20/h1-7,17,21H,8H2,(H,22,23,24,25). The molecule has 138 valence electrons. The second-order valence-electron chi connectivity index (χ2n) is 5.58. The molecule has 0 bridgehead atoms. The van der Waals surface area contributed by atoms with E-state index in [1.54, 1.807) is 24.3 Å². The van der Waals surface area contributed by atoms with Crippen LogP contribution in [0.5, 0.6) is 5.75 Å². The zero-order valence-corrected chi connectivity index (χ0v) is 14.4. The van der Waals surface area contributed by atoms with Crippen LogP contribution in [0.1, 0.15) is 5.56 Å². The zero-order chi connectivity index (χ0) is 18.8. The van der Waals surface area contributed by atoms with Crippen molar-refractivity contribution >= 4 is 28.3 Å². The molecule has 0 aliphatic heterocycles. The number of tetrazole rings is 1. The third-order valence-electron chi connectivity index (χ3n) is 3.81. The van der Waals surface area contributed by atoms with Gasteiger partial charge in [-0.3, -0.25) is 0 Å². The maximum absolute atomic E-state index is 12.2. The molecule has 10 heteroatoms. The number of furan rings is 1. The number of nitrogens with one attached hydrogen (secondary N) is 2. The molecule has 0 spiro atoms. The molecule has 0 fully saturated rings. The second kappa shape index (κ2) is 7.20. The van der Waals surface area contributed by atoms with Crippen molar-refractivity contribution in [2.45, 2.75) is 13.2 Å². The molecule has 2 heterocycles. The van der Waals surface area contributed by atoms with E-state index in [0.717, 1.165) is 16.6 Å². The Morgan fingerprint density at radius 1 is 1.19 bits per heavy atom. The second-order valence-corrected chi connectivity index (χ2v) is 5.99. The van der Waals surface area contributed by atoms with Gasteiger partial charge in [0.05, 0.1) is 0 Å². The first kappa shape index (κ1) is 17.2. The number of hydrogen-bond acceptors (Lipinski definition) is 6. The van der Waals surface area contributed by atoms with Crippen molar-refractivity contribution in [3.05, 3.63) is 53.1 Å². The molecule has 27 heavy (non-hydrogen) atoms. The van der Waals surface area contributed by atoms with Gasteiger partial charge in [-0.2, -0.15) is 14.0 Å². The number of anilines is 1. The minimum absolute atomic E-state index is 0.0968. The maximum atomic E-state index is 12.2. The van der Waals surface area contributed by atoms with Crippen molar-refractivity contribution in [3.8, 4) is 17.3 Å². The van der Waals surface area contributed by atoms with Crippen LogP contribution in [0, 0.1) is 0 Å². The van der Waals surface area contributed by atoms with Gasteiger partial charge in [0.1, 0.15) is 11.3 Å². The van der Waals surface area contributed by atoms with Crippen molar-refractivity contribution in [2.24, 2.45) is 0 Å². The summed E-state index contributed by atoms with van der Waals surface area (Å²) >= 11 is 6.35. The number of nitrogens with zero attached hydrogens (tertiary/aromatic N) is 3. The number of hydrogen-bond donors (Lipinski definition) is 2. The normalized spacial score (nSPS) is 11.3. The largest absolute Gasteiger partial charge is 0.453 e. The number of fused-ring (bicyclic) bond motifs is 1. The lowest BCUT2D eigenvalue weighted by Gasteiger charge is -2.09. The lowest BCUT2D eigenvalue weighted by Crippen LogP contribution is -2.03. The van der Waals surface area contributed by atoms with Gasteiger partial charge < -0.3 is 14.5 Å². The third kappa shape index (κ3) is 3.82. The van der Waals surface area contributed by atoms with Crippen molar-refractivity contribution in [3.63, 3.8) is 0 Å². The van der Waals surface area contributed by atoms with Crippen LogP contribution in [-0.2, 0) is 6.54 Å². The molecule has 0 unspecified atom stereocenters. The summed E-state index contributed by atoms with van der Waals surface area (Å²) < 4.78 is 34.4.